The van der Waals surface area contributed by atoms with Gasteiger partial charge >= 0.3 is 5.69 Å². The molecule has 2 heterocycles. The fourth-order valence-electron chi connectivity index (χ4n) is 1.62. The summed E-state index contributed by atoms with van der Waals surface area (Å²) >= 11 is 0. The zero-order valence-corrected chi connectivity index (χ0v) is 9.55. The smallest absolute Gasteiger partial charge is 0.364 e. The SMILES string of the molecule is CCC(CCO)Nc1ccc2n[nH]c(=O)n2n1. The first-order valence-electron chi connectivity index (χ1n) is 5.56. The number of anilines is 1. The zero-order chi connectivity index (χ0) is 12.3. The lowest BCUT2D eigenvalue weighted by Crippen LogP contribution is -2.22. The van der Waals surface area contributed by atoms with Gasteiger partial charge in [0.25, 0.3) is 0 Å². The molecule has 2 aromatic rings. The molecule has 7 nitrogen and oxygen atoms in total. The first kappa shape index (κ1) is 11.6. The molecule has 0 aliphatic carbocycles. The van der Waals surface area contributed by atoms with Gasteiger partial charge in [0.1, 0.15) is 5.82 Å². The van der Waals surface area contributed by atoms with Crippen LogP contribution in [0.25, 0.3) is 5.65 Å². The third kappa shape index (κ3) is 2.44. The molecule has 17 heavy (non-hydrogen) atoms. The van der Waals surface area contributed by atoms with E-state index in [0.717, 1.165) is 6.42 Å². The number of aliphatic hydroxyl groups excluding tert-OH is 1. The predicted octanol–water partition coefficient (Wildman–Crippen LogP) is -0.00950. The van der Waals surface area contributed by atoms with Crippen LogP contribution in [0.1, 0.15) is 19.8 Å². The lowest BCUT2D eigenvalue weighted by molar-refractivity contribution is 0.278. The van der Waals surface area contributed by atoms with Crippen LogP contribution in [0.4, 0.5) is 5.82 Å². The lowest BCUT2D eigenvalue weighted by atomic mass is 10.1. The number of rotatable bonds is 5. The van der Waals surface area contributed by atoms with E-state index in [-0.39, 0.29) is 18.3 Å². The van der Waals surface area contributed by atoms with Crippen LogP contribution in [0.2, 0.25) is 0 Å². The molecule has 1 atom stereocenters. The number of nitrogens with zero attached hydrogens (tertiary/aromatic N) is 3. The summed E-state index contributed by atoms with van der Waals surface area (Å²) in [7, 11) is 0. The highest BCUT2D eigenvalue weighted by atomic mass is 16.3. The number of fused-ring (bicyclic) bond motifs is 1. The van der Waals surface area contributed by atoms with Gasteiger partial charge in [0.05, 0.1) is 0 Å². The third-order valence-corrected chi connectivity index (χ3v) is 2.60. The van der Waals surface area contributed by atoms with E-state index >= 15 is 0 Å². The molecule has 0 radical (unpaired) electrons. The molecule has 2 rings (SSSR count). The molecule has 0 spiro atoms. The average molecular weight is 237 g/mol. The van der Waals surface area contributed by atoms with Gasteiger partial charge in [-0.3, -0.25) is 0 Å². The highest BCUT2D eigenvalue weighted by molar-refractivity contribution is 5.43. The molecule has 0 saturated carbocycles. The van der Waals surface area contributed by atoms with Crippen LogP contribution in [0, 0.1) is 0 Å². The van der Waals surface area contributed by atoms with Gasteiger partial charge in [-0.1, -0.05) is 6.92 Å². The van der Waals surface area contributed by atoms with Crippen molar-refractivity contribution in [1.82, 2.24) is 19.8 Å². The molecule has 92 valence electrons. The Hall–Kier alpha value is -1.89. The number of aliphatic hydroxyl groups is 1. The number of H-pyrrole nitrogens is 1. The maximum absolute atomic E-state index is 11.3. The number of aromatic amines is 1. The van der Waals surface area contributed by atoms with E-state index in [9.17, 15) is 4.79 Å². The second kappa shape index (κ2) is 4.96. The summed E-state index contributed by atoms with van der Waals surface area (Å²) in [5.74, 6) is 0.598. The van der Waals surface area contributed by atoms with Crippen LogP contribution >= 0.6 is 0 Å². The average Bonchev–Trinajstić information content (AvgIpc) is 2.70. The lowest BCUT2D eigenvalue weighted by Gasteiger charge is -2.15. The van der Waals surface area contributed by atoms with Gasteiger partial charge < -0.3 is 10.4 Å². The summed E-state index contributed by atoms with van der Waals surface area (Å²) < 4.78 is 1.20. The van der Waals surface area contributed by atoms with E-state index in [1.54, 1.807) is 12.1 Å². The zero-order valence-electron chi connectivity index (χ0n) is 9.55. The first-order valence-corrected chi connectivity index (χ1v) is 5.56. The topological polar surface area (TPSA) is 95.3 Å². The van der Waals surface area contributed by atoms with Crippen LogP contribution in [0.3, 0.4) is 0 Å². The van der Waals surface area contributed by atoms with Crippen molar-refractivity contribution in [2.45, 2.75) is 25.8 Å². The van der Waals surface area contributed by atoms with E-state index in [4.69, 9.17) is 5.11 Å². The Morgan fingerprint density at radius 3 is 3.12 bits per heavy atom. The van der Waals surface area contributed by atoms with Gasteiger partial charge in [-0.05, 0) is 25.0 Å². The minimum atomic E-state index is -0.362. The summed E-state index contributed by atoms with van der Waals surface area (Å²) in [4.78, 5) is 11.3. The number of aromatic nitrogens is 4. The summed E-state index contributed by atoms with van der Waals surface area (Å²) in [6.07, 6.45) is 1.52. The van der Waals surface area contributed by atoms with Gasteiger partial charge in [0.15, 0.2) is 5.65 Å². The quantitative estimate of drug-likeness (QED) is 0.679. The minimum absolute atomic E-state index is 0.124. The minimum Gasteiger partial charge on any atom is -0.396 e. The van der Waals surface area contributed by atoms with Gasteiger partial charge in [0.2, 0.25) is 0 Å². The molecule has 0 aliphatic rings. The van der Waals surface area contributed by atoms with Gasteiger partial charge in [0, 0.05) is 12.6 Å². The number of hydrogen-bond donors (Lipinski definition) is 3. The maximum atomic E-state index is 11.3. The van der Waals surface area contributed by atoms with E-state index in [2.05, 4.69) is 20.6 Å². The van der Waals surface area contributed by atoms with Gasteiger partial charge in [-0.25, -0.2) is 9.89 Å². The predicted molar refractivity (Wildman–Crippen MR) is 63.0 cm³/mol. The summed E-state index contributed by atoms with van der Waals surface area (Å²) in [5, 5.41) is 22.3. The molecule has 3 N–H and O–H groups in total. The Morgan fingerprint density at radius 1 is 1.59 bits per heavy atom. The normalized spacial score (nSPS) is 12.8. The Bertz CT molecular complexity index is 547. The van der Waals surface area contributed by atoms with Crippen LogP contribution in [0.15, 0.2) is 16.9 Å². The van der Waals surface area contributed by atoms with Crippen molar-refractivity contribution < 1.29 is 5.11 Å². The molecule has 0 fully saturated rings. The highest BCUT2D eigenvalue weighted by Gasteiger charge is 2.08. The van der Waals surface area contributed by atoms with Crippen molar-refractivity contribution in [3.8, 4) is 0 Å². The molecule has 0 aliphatic heterocycles. The molecule has 0 bridgehead atoms. The van der Waals surface area contributed by atoms with Gasteiger partial charge in [-0.15, -0.1) is 5.10 Å². The summed E-state index contributed by atoms with van der Waals surface area (Å²) in [6.45, 7) is 2.15. The van der Waals surface area contributed by atoms with E-state index in [1.165, 1.54) is 4.52 Å². The summed E-state index contributed by atoms with van der Waals surface area (Å²) in [5.41, 5.74) is 0.120. The Kier molecular flexibility index (Phi) is 3.38. The van der Waals surface area contributed by atoms with Crippen molar-refractivity contribution in [3.63, 3.8) is 0 Å². The molecular formula is C10H15N5O2. The monoisotopic (exact) mass is 237 g/mol. The largest absolute Gasteiger partial charge is 0.396 e. The molecule has 0 saturated heterocycles. The molecule has 1 unspecified atom stereocenters. The standard InChI is InChI=1S/C10H15N5O2/c1-2-7(5-6-16)11-8-3-4-9-12-13-10(17)15(9)14-8/h3-4,7,16H,2,5-6H2,1H3,(H,11,14)(H,13,17). The molecular weight excluding hydrogens is 222 g/mol. The summed E-state index contributed by atoms with van der Waals surface area (Å²) in [6, 6.07) is 3.61. The van der Waals surface area contributed by atoms with Crippen LogP contribution in [0.5, 0.6) is 0 Å². The molecule has 2 aromatic heterocycles. The second-order valence-electron chi connectivity index (χ2n) is 3.78. The third-order valence-electron chi connectivity index (χ3n) is 2.60. The molecule has 0 aromatic carbocycles. The van der Waals surface area contributed by atoms with E-state index < -0.39 is 0 Å². The Morgan fingerprint density at radius 2 is 2.41 bits per heavy atom. The van der Waals surface area contributed by atoms with Crippen molar-refractivity contribution in [2.75, 3.05) is 11.9 Å². The first-order chi connectivity index (χ1) is 8.24. The van der Waals surface area contributed by atoms with Crippen LogP contribution in [-0.4, -0.2) is 37.6 Å². The molecule has 0 amide bonds. The van der Waals surface area contributed by atoms with Gasteiger partial charge in [-0.2, -0.15) is 9.61 Å². The number of nitrogens with one attached hydrogen (secondary N) is 2. The van der Waals surface area contributed by atoms with Crippen molar-refractivity contribution in [1.29, 1.82) is 0 Å². The van der Waals surface area contributed by atoms with E-state index in [0.29, 0.717) is 17.9 Å². The number of hydrogen-bond acceptors (Lipinski definition) is 5. The van der Waals surface area contributed by atoms with Crippen LogP contribution < -0.4 is 11.0 Å². The van der Waals surface area contributed by atoms with Crippen molar-refractivity contribution >= 4 is 11.5 Å². The Labute approximate surface area is 97.5 Å². The fraction of sp³-hybridized carbons (Fsp3) is 0.500. The van der Waals surface area contributed by atoms with Crippen molar-refractivity contribution in [3.05, 3.63) is 22.6 Å². The highest BCUT2D eigenvalue weighted by Crippen LogP contribution is 2.08. The fourth-order valence-corrected chi connectivity index (χ4v) is 1.62. The van der Waals surface area contributed by atoms with E-state index in [1.807, 2.05) is 6.92 Å². The van der Waals surface area contributed by atoms with Crippen molar-refractivity contribution in [2.24, 2.45) is 0 Å². The Balaban J connectivity index is 2.23. The maximum Gasteiger partial charge on any atom is 0.364 e. The van der Waals surface area contributed by atoms with Crippen LogP contribution in [-0.2, 0) is 0 Å². The second-order valence-corrected chi connectivity index (χ2v) is 3.78. The molecule has 7 heteroatoms.